The Hall–Kier alpha value is -2.18. The van der Waals surface area contributed by atoms with E-state index in [9.17, 15) is 0 Å². The van der Waals surface area contributed by atoms with Gasteiger partial charge in [0.15, 0.2) is 0 Å². The zero-order valence-electron chi connectivity index (χ0n) is 12.1. The highest BCUT2D eigenvalue weighted by Gasteiger charge is 2.06. The Balaban J connectivity index is 2.12. The topological polar surface area (TPSA) is 45.0 Å². The number of halogens is 1. The molecule has 2 aromatic rings. The van der Waals surface area contributed by atoms with E-state index in [1.807, 2.05) is 44.2 Å². The Morgan fingerprint density at radius 1 is 1.24 bits per heavy atom. The summed E-state index contributed by atoms with van der Waals surface area (Å²) in [5, 5.41) is 12.6. The van der Waals surface area contributed by atoms with E-state index in [1.165, 1.54) is 0 Å². The second kappa shape index (κ2) is 7.01. The van der Waals surface area contributed by atoms with Crippen molar-refractivity contribution in [2.24, 2.45) is 0 Å². The van der Waals surface area contributed by atoms with Gasteiger partial charge in [-0.1, -0.05) is 29.8 Å². The largest absolute Gasteiger partial charge is 0.491 e. The van der Waals surface area contributed by atoms with Crippen LogP contribution in [0.15, 0.2) is 42.5 Å². The molecule has 0 spiro atoms. The summed E-state index contributed by atoms with van der Waals surface area (Å²) in [4.78, 5) is 0. The van der Waals surface area contributed by atoms with E-state index in [-0.39, 0.29) is 6.10 Å². The van der Waals surface area contributed by atoms with Crippen LogP contribution in [0, 0.1) is 11.3 Å². The molecule has 2 rings (SSSR count). The number of benzene rings is 2. The molecule has 0 unspecified atom stereocenters. The molecule has 0 atom stereocenters. The summed E-state index contributed by atoms with van der Waals surface area (Å²) in [7, 11) is 0. The van der Waals surface area contributed by atoms with Crippen LogP contribution in [0.3, 0.4) is 0 Å². The van der Waals surface area contributed by atoms with Gasteiger partial charge in [-0.05, 0) is 38.1 Å². The van der Waals surface area contributed by atoms with Crippen LogP contribution in [0.1, 0.15) is 25.0 Å². The Morgan fingerprint density at radius 2 is 2.00 bits per heavy atom. The molecular formula is C17H17ClN2O. The van der Waals surface area contributed by atoms with Gasteiger partial charge in [-0.25, -0.2) is 0 Å². The maximum Gasteiger partial charge on any atom is 0.124 e. The fourth-order valence-corrected chi connectivity index (χ4v) is 2.18. The standard InChI is InChI=1S/C17H17ClN2O/c1-12(2)21-17-6-4-3-5-14(17)11-20-16-8-7-13(10-19)9-15(16)18/h3-9,12,20H,11H2,1-2H3. The first-order valence-electron chi connectivity index (χ1n) is 6.78. The van der Waals surface area contributed by atoms with E-state index in [4.69, 9.17) is 21.6 Å². The molecule has 0 aromatic heterocycles. The molecule has 0 aliphatic heterocycles. The lowest BCUT2D eigenvalue weighted by Gasteiger charge is -2.15. The second-order valence-electron chi connectivity index (χ2n) is 4.93. The highest BCUT2D eigenvalue weighted by atomic mass is 35.5. The molecule has 2 aromatic carbocycles. The van der Waals surface area contributed by atoms with Crippen LogP contribution in [0.5, 0.6) is 5.75 Å². The average molecular weight is 301 g/mol. The number of hydrogen-bond acceptors (Lipinski definition) is 3. The van der Waals surface area contributed by atoms with Gasteiger partial charge in [0.1, 0.15) is 5.75 Å². The van der Waals surface area contributed by atoms with E-state index in [0.29, 0.717) is 17.1 Å². The molecule has 3 nitrogen and oxygen atoms in total. The Labute approximate surface area is 130 Å². The minimum absolute atomic E-state index is 0.129. The first-order chi connectivity index (χ1) is 10.1. The number of rotatable bonds is 5. The molecule has 1 N–H and O–H groups in total. The summed E-state index contributed by atoms with van der Waals surface area (Å²) >= 11 is 6.15. The van der Waals surface area contributed by atoms with Gasteiger partial charge in [0.25, 0.3) is 0 Å². The van der Waals surface area contributed by atoms with E-state index in [0.717, 1.165) is 17.0 Å². The summed E-state index contributed by atoms with van der Waals surface area (Å²) < 4.78 is 5.78. The van der Waals surface area contributed by atoms with Crippen LogP contribution in [-0.4, -0.2) is 6.10 Å². The summed E-state index contributed by atoms with van der Waals surface area (Å²) in [5.74, 6) is 0.866. The van der Waals surface area contributed by atoms with Crippen molar-refractivity contribution < 1.29 is 4.74 Å². The van der Waals surface area contributed by atoms with Crippen LogP contribution in [0.25, 0.3) is 0 Å². The van der Waals surface area contributed by atoms with E-state index >= 15 is 0 Å². The SMILES string of the molecule is CC(C)Oc1ccccc1CNc1ccc(C#N)cc1Cl. The first kappa shape index (κ1) is 15.2. The average Bonchev–Trinajstić information content (AvgIpc) is 2.46. The first-order valence-corrected chi connectivity index (χ1v) is 7.16. The number of ether oxygens (including phenoxy) is 1. The van der Waals surface area contributed by atoms with Crippen molar-refractivity contribution >= 4 is 17.3 Å². The third-order valence-electron chi connectivity index (χ3n) is 2.90. The maximum absolute atomic E-state index is 8.84. The molecule has 0 radical (unpaired) electrons. The van der Waals surface area contributed by atoms with Gasteiger partial charge >= 0.3 is 0 Å². The Kier molecular flexibility index (Phi) is 5.08. The molecule has 0 saturated heterocycles. The maximum atomic E-state index is 8.84. The predicted octanol–water partition coefficient (Wildman–Crippen LogP) is 4.61. The fraction of sp³-hybridized carbons (Fsp3) is 0.235. The van der Waals surface area contributed by atoms with Crippen molar-refractivity contribution in [3.8, 4) is 11.8 Å². The lowest BCUT2D eigenvalue weighted by Crippen LogP contribution is -2.09. The lowest BCUT2D eigenvalue weighted by molar-refractivity contribution is 0.240. The third-order valence-corrected chi connectivity index (χ3v) is 3.22. The van der Waals surface area contributed by atoms with Gasteiger partial charge in [0.2, 0.25) is 0 Å². The van der Waals surface area contributed by atoms with Gasteiger partial charge in [-0.2, -0.15) is 5.26 Å². The normalized spacial score (nSPS) is 10.2. The molecule has 4 heteroatoms. The number of anilines is 1. The van der Waals surface area contributed by atoms with Crippen molar-refractivity contribution in [3.63, 3.8) is 0 Å². The molecule has 0 aliphatic carbocycles. The van der Waals surface area contributed by atoms with Gasteiger partial charge in [-0.15, -0.1) is 0 Å². The van der Waals surface area contributed by atoms with E-state index in [1.54, 1.807) is 12.1 Å². The van der Waals surface area contributed by atoms with Gasteiger partial charge in [0, 0.05) is 12.1 Å². The molecule has 0 amide bonds. The zero-order valence-corrected chi connectivity index (χ0v) is 12.8. The van der Waals surface area contributed by atoms with Gasteiger partial charge < -0.3 is 10.1 Å². The van der Waals surface area contributed by atoms with Crippen LogP contribution < -0.4 is 10.1 Å². The van der Waals surface area contributed by atoms with Gasteiger partial charge in [0.05, 0.1) is 28.4 Å². The highest BCUT2D eigenvalue weighted by Crippen LogP contribution is 2.25. The van der Waals surface area contributed by atoms with Crippen molar-refractivity contribution in [3.05, 3.63) is 58.6 Å². The second-order valence-corrected chi connectivity index (χ2v) is 5.34. The molecule has 0 bridgehead atoms. The Morgan fingerprint density at radius 3 is 2.67 bits per heavy atom. The number of nitriles is 1. The quantitative estimate of drug-likeness (QED) is 0.877. The predicted molar refractivity (Wildman–Crippen MR) is 85.7 cm³/mol. The van der Waals surface area contributed by atoms with Gasteiger partial charge in [-0.3, -0.25) is 0 Å². The molecule has 0 saturated carbocycles. The van der Waals surface area contributed by atoms with Crippen LogP contribution in [-0.2, 0) is 6.54 Å². The van der Waals surface area contributed by atoms with Crippen LogP contribution >= 0.6 is 11.6 Å². The highest BCUT2D eigenvalue weighted by molar-refractivity contribution is 6.33. The number of para-hydroxylation sites is 1. The number of nitrogens with one attached hydrogen (secondary N) is 1. The fourth-order valence-electron chi connectivity index (χ4n) is 1.94. The van der Waals surface area contributed by atoms with Crippen LogP contribution in [0.4, 0.5) is 5.69 Å². The zero-order chi connectivity index (χ0) is 15.2. The summed E-state index contributed by atoms with van der Waals surface area (Å²) in [5.41, 5.74) is 2.41. The molecule has 0 fully saturated rings. The lowest BCUT2D eigenvalue weighted by atomic mass is 10.2. The van der Waals surface area contributed by atoms with Crippen molar-refractivity contribution in [2.75, 3.05) is 5.32 Å². The number of nitrogens with zero attached hydrogens (tertiary/aromatic N) is 1. The van der Waals surface area contributed by atoms with Crippen molar-refractivity contribution in [1.82, 2.24) is 0 Å². The number of hydrogen-bond donors (Lipinski definition) is 1. The molecule has 21 heavy (non-hydrogen) atoms. The van der Waals surface area contributed by atoms with Crippen molar-refractivity contribution in [1.29, 1.82) is 5.26 Å². The Bertz CT molecular complexity index is 662. The summed E-state index contributed by atoms with van der Waals surface area (Å²) in [6.45, 7) is 4.61. The minimum Gasteiger partial charge on any atom is -0.491 e. The third kappa shape index (κ3) is 4.14. The smallest absolute Gasteiger partial charge is 0.124 e. The summed E-state index contributed by atoms with van der Waals surface area (Å²) in [6.07, 6.45) is 0.129. The monoisotopic (exact) mass is 300 g/mol. The van der Waals surface area contributed by atoms with Crippen molar-refractivity contribution in [2.45, 2.75) is 26.5 Å². The summed E-state index contributed by atoms with van der Waals surface area (Å²) in [6, 6.07) is 15.2. The minimum atomic E-state index is 0.129. The van der Waals surface area contributed by atoms with Crippen LogP contribution in [0.2, 0.25) is 5.02 Å². The van der Waals surface area contributed by atoms with E-state index < -0.39 is 0 Å². The molecule has 0 heterocycles. The molecule has 108 valence electrons. The molecular weight excluding hydrogens is 284 g/mol. The van der Waals surface area contributed by atoms with E-state index in [2.05, 4.69) is 11.4 Å². The molecule has 0 aliphatic rings.